The first-order valence-corrected chi connectivity index (χ1v) is 8.29. The van der Waals surface area contributed by atoms with Crippen LogP contribution in [-0.4, -0.2) is 17.4 Å². The zero-order chi connectivity index (χ0) is 18.1. The molecule has 4 nitrogen and oxygen atoms in total. The maximum atomic E-state index is 11.1. The van der Waals surface area contributed by atoms with Crippen molar-refractivity contribution in [2.24, 2.45) is 5.92 Å². The second-order valence-corrected chi connectivity index (χ2v) is 5.98. The summed E-state index contributed by atoms with van der Waals surface area (Å²) in [6, 6.07) is 19.7. The Balaban J connectivity index is 2.04. The van der Waals surface area contributed by atoms with Crippen LogP contribution >= 0.6 is 0 Å². The molecule has 1 atom stereocenters. The van der Waals surface area contributed by atoms with Crippen LogP contribution < -0.4 is 0 Å². The van der Waals surface area contributed by atoms with Gasteiger partial charge in [0, 0.05) is 11.5 Å². The van der Waals surface area contributed by atoms with Crippen molar-refractivity contribution in [3.8, 4) is 0 Å². The minimum Gasteiger partial charge on any atom is -0.478 e. The van der Waals surface area contributed by atoms with E-state index in [-0.39, 0.29) is 11.5 Å². The van der Waals surface area contributed by atoms with Crippen molar-refractivity contribution < 1.29 is 19.4 Å². The predicted molar refractivity (Wildman–Crippen MR) is 96.8 cm³/mol. The molecule has 25 heavy (non-hydrogen) atoms. The lowest BCUT2D eigenvalue weighted by molar-refractivity contribution is -0.174. The number of rotatable bonds is 9. The molecule has 0 aliphatic heterocycles. The van der Waals surface area contributed by atoms with Gasteiger partial charge in [-0.05, 0) is 18.1 Å². The quantitative estimate of drug-likeness (QED) is 0.542. The van der Waals surface area contributed by atoms with Crippen LogP contribution in [0.3, 0.4) is 0 Å². The highest BCUT2D eigenvalue weighted by molar-refractivity contribution is 5.85. The Kier molecular flexibility index (Phi) is 7.38. The highest BCUT2D eigenvalue weighted by Gasteiger charge is 2.18. The number of hydrogen-bond acceptors (Lipinski definition) is 3. The van der Waals surface area contributed by atoms with E-state index in [4.69, 9.17) is 14.6 Å². The topological polar surface area (TPSA) is 55.8 Å². The molecule has 0 saturated carbocycles. The number of carbonyl (C=O) groups is 1. The number of benzene rings is 2. The summed E-state index contributed by atoms with van der Waals surface area (Å²) < 4.78 is 11.9. The van der Waals surface area contributed by atoms with Gasteiger partial charge in [0.05, 0.1) is 13.2 Å². The molecular formula is C21H24O4. The zero-order valence-electron chi connectivity index (χ0n) is 14.6. The molecule has 4 heteroatoms. The van der Waals surface area contributed by atoms with Gasteiger partial charge >= 0.3 is 5.97 Å². The maximum absolute atomic E-state index is 11.1. The van der Waals surface area contributed by atoms with Gasteiger partial charge in [0.15, 0.2) is 6.29 Å². The van der Waals surface area contributed by atoms with Crippen LogP contribution in [0.25, 0.3) is 0 Å². The van der Waals surface area contributed by atoms with Crippen molar-refractivity contribution >= 4 is 5.97 Å². The smallest absolute Gasteiger partial charge is 0.330 e. The molecule has 0 aromatic heterocycles. The van der Waals surface area contributed by atoms with Gasteiger partial charge in [-0.1, -0.05) is 73.7 Å². The van der Waals surface area contributed by atoms with Crippen molar-refractivity contribution in [3.63, 3.8) is 0 Å². The van der Waals surface area contributed by atoms with E-state index in [0.29, 0.717) is 13.2 Å². The van der Waals surface area contributed by atoms with E-state index in [0.717, 1.165) is 11.1 Å². The maximum Gasteiger partial charge on any atom is 0.330 e. The minimum absolute atomic E-state index is 0.191. The van der Waals surface area contributed by atoms with Gasteiger partial charge in [0.2, 0.25) is 0 Å². The summed E-state index contributed by atoms with van der Waals surface area (Å²) >= 11 is 0. The lowest BCUT2D eigenvalue weighted by Gasteiger charge is -2.23. The first kappa shape index (κ1) is 18.9. The van der Waals surface area contributed by atoms with E-state index >= 15 is 0 Å². The predicted octanol–water partition coefficient (Wildman–Crippen LogP) is 4.41. The van der Waals surface area contributed by atoms with Crippen LogP contribution in [0.5, 0.6) is 0 Å². The number of aliphatic carboxylic acids is 1. The van der Waals surface area contributed by atoms with E-state index in [1.807, 2.05) is 67.6 Å². The first-order valence-electron chi connectivity index (χ1n) is 8.29. The molecule has 0 radical (unpaired) electrons. The Morgan fingerprint density at radius 3 is 1.80 bits per heavy atom. The number of carboxylic acid groups (broad SMARTS) is 1. The van der Waals surface area contributed by atoms with Crippen LogP contribution in [0.4, 0.5) is 0 Å². The highest BCUT2D eigenvalue weighted by Crippen LogP contribution is 2.17. The first-order chi connectivity index (χ1) is 12.1. The Morgan fingerprint density at radius 1 is 0.960 bits per heavy atom. The van der Waals surface area contributed by atoms with Gasteiger partial charge in [-0.3, -0.25) is 0 Å². The largest absolute Gasteiger partial charge is 0.478 e. The highest BCUT2D eigenvalue weighted by atomic mass is 16.7. The van der Waals surface area contributed by atoms with Crippen LogP contribution in [0.15, 0.2) is 72.3 Å². The Hall–Kier alpha value is -2.43. The fourth-order valence-electron chi connectivity index (χ4n) is 2.40. The summed E-state index contributed by atoms with van der Waals surface area (Å²) in [6.07, 6.45) is 1.14. The van der Waals surface area contributed by atoms with Crippen molar-refractivity contribution in [1.82, 2.24) is 0 Å². The standard InChI is InChI=1S/C21H24O4/c1-16(20(22)23)13-17(2)21(24-14-18-9-5-3-6-10-18)25-15-19-11-7-4-8-12-19/h3-13,17,21H,14-15H2,1-2H3,(H,22,23). The van der Waals surface area contributed by atoms with Crippen LogP contribution in [0, 0.1) is 5.92 Å². The monoisotopic (exact) mass is 340 g/mol. The lowest BCUT2D eigenvalue weighted by Crippen LogP contribution is -2.24. The molecule has 0 aliphatic carbocycles. The van der Waals surface area contributed by atoms with Gasteiger partial charge < -0.3 is 14.6 Å². The summed E-state index contributed by atoms with van der Waals surface area (Å²) in [6.45, 7) is 4.28. The van der Waals surface area contributed by atoms with E-state index in [9.17, 15) is 4.79 Å². The second-order valence-electron chi connectivity index (χ2n) is 5.98. The lowest BCUT2D eigenvalue weighted by atomic mass is 10.1. The number of ether oxygens (including phenoxy) is 2. The van der Waals surface area contributed by atoms with Gasteiger partial charge in [-0.25, -0.2) is 4.79 Å². The zero-order valence-corrected chi connectivity index (χ0v) is 14.6. The second kappa shape index (κ2) is 9.77. The van der Waals surface area contributed by atoms with E-state index in [2.05, 4.69) is 0 Å². The Morgan fingerprint density at radius 2 is 1.40 bits per heavy atom. The Bertz CT molecular complexity index is 636. The summed E-state index contributed by atoms with van der Waals surface area (Å²) in [7, 11) is 0. The van der Waals surface area contributed by atoms with E-state index < -0.39 is 12.3 Å². The normalized spacial score (nSPS) is 13.0. The summed E-state index contributed by atoms with van der Waals surface area (Å²) in [5.41, 5.74) is 2.37. The Labute approximate surface area is 148 Å². The van der Waals surface area contributed by atoms with Gasteiger partial charge in [-0.15, -0.1) is 0 Å². The number of carboxylic acids is 1. The molecule has 0 amide bonds. The van der Waals surface area contributed by atoms with Crippen LogP contribution in [0.1, 0.15) is 25.0 Å². The van der Waals surface area contributed by atoms with Crippen LogP contribution in [-0.2, 0) is 27.5 Å². The van der Waals surface area contributed by atoms with Crippen LogP contribution in [0.2, 0.25) is 0 Å². The minimum atomic E-state index is -0.934. The molecule has 0 saturated heterocycles. The third-order valence-corrected chi connectivity index (χ3v) is 3.79. The third-order valence-electron chi connectivity index (χ3n) is 3.79. The van der Waals surface area contributed by atoms with E-state index in [1.165, 1.54) is 0 Å². The summed E-state index contributed by atoms with van der Waals surface area (Å²) in [5, 5.41) is 9.08. The van der Waals surface area contributed by atoms with Gasteiger partial charge in [0.25, 0.3) is 0 Å². The van der Waals surface area contributed by atoms with Crippen molar-refractivity contribution in [3.05, 3.63) is 83.4 Å². The van der Waals surface area contributed by atoms with Crippen molar-refractivity contribution in [2.75, 3.05) is 0 Å². The molecule has 2 rings (SSSR count). The molecule has 1 unspecified atom stereocenters. The molecule has 2 aromatic rings. The summed E-state index contributed by atoms with van der Waals surface area (Å²) in [5.74, 6) is -1.12. The number of hydrogen-bond donors (Lipinski definition) is 1. The molecule has 2 aromatic carbocycles. The molecule has 0 bridgehead atoms. The fourth-order valence-corrected chi connectivity index (χ4v) is 2.40. The average Bonchev–Trinajstić information content (AvgIpc) is 2.63. The third kappa shape index (κ3) is 6.53. The molecule has 0 fully saturated rings. The van der Waals surface area contributed by atoms with Crippen molar-refractivity contribution in [2.45, 2.75) is 33.4 Å². The molecule has 132 valence electrons. The fraction of sp³-hybridized carbons (Fsp3) is 0.286. The average molecular weight is 340 g/mol. The molecule has 0 spiro atoms. The van der Waals surface area contributed by atoms with Crippen molar-refractivity contribution in [1.29, 1.82) is 0 Å². The molecular weight excluding hydrogens is 316 g/mol. The SMILES string of the molecule is CC(=CC(C)C(OCc1ccccc1)OCc1ccccc1)C(=O)O. The molecule has 1 N–H and O–H groups in total. The van der Waals surface area contributed by atoms with E-state index in [1.54, 1.807) is 13.0 Å². The molecule has 0 heterocycles. The summed E-state index contributed by atoms with van der Waals surface area (Å²) in [4.78, 5) is 11.1. The van der Waals surface area contributed by atoms with Gasteiger partial charge in [0.1, 0.15) is 0 Å². The molecule has 0 aliphatic rings. The van der Waals surface area contributed by atoms with Gasteiger partial charge in [-0.2, -0.15) is 0 Å².